The minimum atomic E-state index is -3.29. The molecule has 1 aromatic rings. The highest BCUT2D eigenvalue weighted by Gasteiger charge is 2.45. The summed E-state index contributed by atoms with van der Waals surface area (Å²) in [6, 6.07) is 7.62. The van der Waals surface area contributed by atoms with Crippen LogP contribution in [0.1, 0.15) is 20.3 Å². The van der Waals surface area contributed by atoms with E-state index in [2.05, 4.69) is 4.90 Å². The van der Waals surface area contributed by atoms with Gasteiger partial charge in [-0.25, -0.2) is 8.42 Å². The van der Waals surface area contributed by atoms with E-state index >= 15 is 0 Å². The average molecular weight is 351 g/mol. The molecular formula is C17H25N3O3S. The Bertz CT molecular complexity index is 715. The molecule has 7 heteroatoms. The highest BCUT2D eigenvalue weighted by atomic mass is 32.2. The van der Waals surface area contributed by atoms with Crippen LogP contribution in [-0.4, -0.2) is 56.7 Å². The Kier molecular flexibility index (Phi) is 4.57. The molecular weight excluding hydrogens is 326 g/mol. The maximum absolute atomic E-state index is 12.2. The predicted molar refractivity (Wildman–Crippen MR) is 93.6 cm³/mol. The van der Waals surface area contributed by atoms with Crippen LogP contribution in [0.3, 0.4) is 0 Å². The lowest BCUT2D eigenvalue weighted by atomic mass is 10.1. The lowest BCUT2D eigenvalue weighted by Crippen LogP contribution is -2.50. The molecule has 2 bridgehead atoms. The van der Waals surface area contributed by atoms with Crippen LogP contribution in [0, 0.1) is 5.92 Å². The van der Waals surface area contributed by atoms with Crippen molar-refractivity contribution in [2.75, 3.05) is 30.3 Å². The number of fused-ring (bicyclic) bond motifs is 2. The summed E-state index contributed by atoms with van der Waals surface area (Å²) >= 11 is 0. The topological polar surface area (TPSA) is 83.7 Å². The molecule has 1 aromatic carbocycles. The van der Waals surface area contributed by atoms with Crippen molar-refractivity contribution >= 4 is 21.4 Å². The highest BCUT2D eigenvalue weighted by Crippen LogP contribution is 2.35. The zero-order valence-corrected chi connectivity index (χ0v) is 15.0. The van der Waals surface area contributed by atoms with Crippen LogP contribution in [0.5, 0.6) is 0 Å². The highest BCUT2D eigenvalue weighted by molar-refractivity contribution is 7.91. The van der Waals surface area contributed by atoms with Gasteiger partial charge >= 0.3 is 0 Å². The predicted octanol–water partition coefficient (Wildman–Crippen LogP) is 0.865. The van der Waals surface area contributed by atoms with Crippen molar-refractivity contribution < 1.29 is 13.2 Å². The Balaban J connectivity index is 1.71. The second kappa shape index (κ2) is 6.37. The summed E-state index contributed by atoms with van der Waals surface area (Å²) in [6.07, 6.45) is 0.992. The van der Waals surface area contributed by atoms with E-state index in [9.17, 15) is 13.2 Å². The van der Waals surface area contributed by atoms with Crippen LogP contribution < -0.4 is 10.6 Å². The van der Waals surface area contributed by atoms with E-state index in [1.807, 2.05) is 30.9 Å². The third kappa shape index (κ3) is 3.02. The van der Waals surface area contributed by atoms with Crippen molar-refractivity contribution in [1.29, 1.82) is 0 Å². The first kappa shape index (κ1) is 17.2. The summed E-state index contributed by atoms with van der Waals surface area (Å²) in [6.45, 7) is 5.58. The van der Waals surface area contributed by atoms with Crippen LogP contribution >= 0.6 is 0 Å². The lowest BCUT2D eigenvalue weighted by molar-refractivity contribution is -0.135. The Hall–Kier alpha value is -1.60. The molecule has 0 saturated carbocycles. The molecule has 2 heterocycles. The van der Waals surface area contributed by atoms with Crippen molar-refractivity contribution in [3.05, 3.63) is 24.3 Å². The first-order chi connectivity index (χ1) is 11.3. The standard InChI is InChI=1S/C17H25N3O3S/c1-12(2)17(21)20-11-14-9-15(20)10-19(14)13-3-5-16(6-4-13)24(22,23)8-7-18/h3-6,12,14-15H,7-11,18H2,1-2H3/t14-,15-/m0/s1. The lowest BCUT2D eigenvalue weighted by Gasteiger charge is -2.36. The number of amides is 1. The van der Waals surface area contributed by atoms with E-state index in [1.165, 1.54) is 0 Å². The minimum Gasteiger partial charge on any atom is -0.365 e. The van der Waals surface area contributed by atoms with E-state index in [-0.39, 0.29) is 30.2 Å². The number of hydrogen-bond acceptors (Lipinski definition) is 5. The van der Waals surface area contributed by atoms with Gasteiger partial charge in [-0.3, -0.25) is 4.79 Å². The normalized spacial score (nSPS) is 23.3. The molecule has 2 fully saturated rings. The van der Waals surface area contributed by atoms with Crippen molar-refractivity contribution in [1.82, 2.24) is 4.90 Å². The van der Waals surface area contributed by atoms with Crippen molar-refractivity contribution in [3.63, 3.8) is 0 Å². The number of anilines is 1. The number of likely N-dealkylation sites (tertiary alicyclic amines) is 1. The molecule has 2 aliphatic rings. The SMILES string of the molecule is CC(C)C(=O)N1C[C@@H]2C[C@H]1CN2c1ccc(S(=O)(=O)CCN)cc1. The summed E-state index contributed by atoms with van der Waals surface area (Å²) in [4.78, 5) is 16.8. The molecule has 0 spiro atoms. The fourth-order valence-corrected chi connectivity index (χ4v) is 4.80. The Labute approximate surface area is 143 Å². The van der Waals surface area contributed by atoms with Gasteiger partial charge in [0.2, 0.25) is 5.91 Å². The minimum absolute atomic E-state index is 0.0323. The molecule has 0 aromatic heterocycles. The first-order valence-electron chi connectivity index (χ1n) is 8.43. The van der Waals surface area contributed by atoms with Gasteiger partial charge in [-0.05, 0) is 30.7 Å². The molecule has 2 atom stereocenters. The molecule has 1 amide bonds. The molecule has 3 rings (SSSR count). The van der Waals surface area contributed by atoms with Gasteiger partial charge in [-0.15, -0.1) is 0 Å². The molecule has 2 N–H and O–H groups in total. The van der Waals surface area contributed by atoms with Gasteiger partial charge in [0, 0.05) is 37.3 Å². The second-order valence-corrected chi connectivity index (χ2v) is 9.05. The largest absolute Gasteiger partial charge is 0.365 e. The van der Waals surface area contributed by atoms with Gasteiger partial charge in [-0.1, -0.05) is 13.8 Å². The number of carbonyl (C=O) groups is 1. The Morgan fingerprint density at radius 2 is 1.88 bits per heavy atom. The number of nitrogens with two attached hydrogens (primary N) is 1. The van der Waals surface area contributed by atoms with Crippen LogP contribution in [0.15, 0.2) is 29.2 Å². The molecule has 0 aliphatic carbocycles. The van der Waals surface area contributed by atoms with Crippen molar-refractivity contribution in [3.8, 4) is 0 Å². The molecule has 2 saturated heterocycles. The summed E-state index contributed by atoms with van der Waals surface area (Å²) in [5, 5.41) is 0. The number of piperazine rings is 1. The molecule has 132 valence electrons. The smallest absolute Gasteiger partial charge is 0.225 e. The van der Waals surface area contributed by atoms with E-state index in [4.69, 9.17) is 5.73 Å². The van der Waals surface area contributed by atoms with Gasteiger partial charge in [0.05, 0.1) is 16.7 Å². The molecule has 24 heavy (non-hydrogen) atoms. The average Bonchev–Trinajstić information content (AvgIpc) is 3.14. The van der Waals surface area contributed by atoms with Gasteiger partial charge in [0.15, 0.2) is 9.84 Å². The second-order valence-electron chi connectivity index (χ2n) is 6.94. The molecule has 0 radical (unpaired) electrons. The summed E-state index contributed by atoms with van der Waals surface area (Å²) in [5.74, 6) is 0.225. The first-order valence-corrected chi connectivity index (χ1v) is 10.1. The number of sulfone groups is 1. The Morgan fingerprint density at radius 1 is 1.21 bits per heavy atom. The fourth-order valence-electron chi connectivity index (χ4n) is 3.70. The summed E-state index contributed by atoms with van der Waals surface area (Å²) in [5.41, 5.74) is 6.38. The number of rotatable bonds is 5. The van der Waals surface area contributed by atoms with Gasteiger partial charge in [-0.2, -0.15) is 0 Å². The third-order valence-electron chi connectivity index (χ3n) is 4.93. The zero-order valence-electron chi connectivity index (χ0n) is 14.2. The van der Waals surface area contributed by atoms with Gasteiger partial charge in [0.1, 0.15) is 0 Å². The third-order valence-corrected chi connectivity index (χ3v) is 6.70. The van der Waals surface area contributed by atoms with E-state index < -0.39 is 9.84 Å². The fraction of sp³-hybridized carbons (Fsp3) is 0.588. The monoisotopic (exact) mass is 351 g/mol. The number of hydrogen-bond donors (Lipinski definition) is 1. The number of nitrogens with zero attached hydrogens (tertiary/aromatic N) is 2. The molecule has 6 nitrogen and oxygen atoms in total. The van der Waals surface area contributed by atoms with Gasteiger partial charge < -0.3 is 15.5 Å². The van der Waals surface area contributed by atoms with Crippen molar-refractivity contribution in [2.45, 2.75) is 37.2 Å². The summed E-state index contributed by atoms with van der Waals surface area (Å²) < 4.78 is 24.1. The molecule has 2 aliphatic heterocycles. The van der Waals surface area contributed by atoms with E-state index in [0.717, 1.165) is 25.2 Å². The number of carbonyl (C=O) groups excluding carboxylic acids is 1. The van der Waals surface area contributed by atoms with Gasteiger partial charge in [0.25, 0.3) is 0 Å². The van der Waals surface area contributed by atoms with E-state index in [0.29, 0.717) is 10.9 Å². The maximum atomic E-state index is 12.2. The van der Waals surface area contributed by atoms with Crippen LogP contribution in [0.25, 0.3) is 0 Å². The maximum Gasteiger partial charge on any atom is 0.225 e. The van der Waals surface area contributed by atoms with E-state index in [1.54, 1.807) is 12.1 Å². The summed E-state index contributed by atoms with van der Waals surface area (Å²) in [7, 11) is -3.29. The molecule has 0 unspecified atom stereocenters. The van der Waals surface area contributed by atoms with Crippen molar-refractivity contribution in [2.24, 2.45) is 11.7 Å². The quantitative estimate of drug-likeness (QED) is 0.851. The zero-order chi connectivity index (χ0) is 17.5. The van der Waals surface area contributed by atoms with Crippen LogP contribution in [0.2, 0.25) is 0 Å². The number of benzene rings is 1. The Morgan fingerprint density at radius 3 is 2.38 bits per heavy atom. The van der Waals surface area contributed by atoms with Crippen LogP contribution in [0.4, 0.5) is 5.69 Å². The van der Waals surface area contributed by atoms with Crippen LogP contribution in [-0.2, 0) is 14.6 Å².